The number of carbonyl (C=O) groups excluding carboxylic acids is 3. The molecule has 1 atom stereocenters. The molecule has 3 amide bonds. The SMILES string of the molecule is O=C1CCC(N2Cc3c(cccc3-n3cc(CN4CCC(F)(F)CC4)nn3)C2=O)C(=O)N1. The molecule has 0 radical (unpaired) electrons. The zero-order valence-corrected chi connectivity index (χ0v) is 17.3. The highest BCUT2D eigenvalue weighted by Gasteiger charge is 2.40. The van der Waals surface area contributed by atoms with E-state index in [2.05, 4.69) is 15.6 Å². The monoisotopic (exact) mass is 444 g/mol. The van der Waals surface area contributed by atoms with Crippen molar-refractivity contribution in [2.45, 2.75) is 50.7 Å². The van der Waals surface area contributed by atoms with E-state index in [1.165, 1.54) is 4.90 Å². The van der Waals surface area contributed by atoms with E-state index < -0.39 is 17.9 Å². The standard InChI is InChI=1S/C21H22F2N6O3/c22-21(23)6-8-27(9-7-21)10-13-11-29(26-25-13)16-3-1-2-14-15(16)12-28(20(14)32)17-4-5-18(30)24-19(17)31/h1-3,11,17H,4-10,12H2,(H,24,30,31). The van der Waals surface area contributed by atoms with Crippen LogP contribution in [0.3, 0.4) is 0 Å². The van der Waals surface area contributed by atoms with Crippen LogP contribution in [0.15, 0.2) is 24.4 Å². The number of rotatable bonds is 4. The van der Waals surface area contributed by atoms with Crippen LogP contribution in [-0.4, -0.2) is 67.6 Å². The van der Waals surface area contributed by atoms with Gasteiger partial charge in [0.15, 0.2) is 0 Å². The molecular formula is C21H22F2N6O3. The highest BCUT2D eigenvalue weighted by atomic mass is 19.3. The third-order valence-corrected chi connectivity index (χ3v) is 6.32. The maximum absolute atomic E-state index is 13.4. The number of hydrogen-bond acceptors (Lipinski definition) is 6. The first-order chi connectivity index (χ1) is 15.3. The summed E-state index contributed by atoms with van der Waals surface area (Å²) in [5, 5.41) is 10.7. The normalized spacial score (nSPS) is 23.4. The van der Waals surface area contributed by atoms with Crippen molar-refractivity contribution >= 4 is 17.7 Å². The molecule has 2 aromatic rings. The van der Waals surface area contributed by atoms with Crippen LogP contribution < -0.4 is 5.32 Å². The van der Waals surface area contributed by atoms with Gasteiger partial charge in [0.25, 0.3) is 11.8 Å². The van der Waals surface area contributed by atoms with Crippen molar-refractivity contribution in [2.75, 3.05) is 13.1 Å². The largest absolute Gasteiger partial charge is 0.322 e. The maximum atomic E-state index is 13.4. The molecule has 3 aliphatic rings. The number of benzene rings is 1. The van der Waals surface area contributed by atoms with Crippen molar-refractivity contribution in [2.24, 2.45) is 0 Å². The van der Waals surface area contributed by atoms with Gasteiger partial charge in [0.2, 0.25) is 11.8 Å². The lowest BCUT2D eigenvalue weighted by atomic mass is 10.0. The van der Waals surface area contributed by atoms with Crippen LogP contribution in [0.1, 0.15) is 47.3 Å². The first kappa shape index (κ1) is 20.7. The van der Waals surface area contributed by atoms with Gasteiger partial charge in [-0.3, -0.25) is 24.6 Å². The minimum absolute atomic E-state index is 0.161. The molecule has 0 spiro atoms. The molecule has 0 aliphatic carbocycles. The van der Waals surface area contributed by atoms with E-state index in [1.807, 2.05) is 11.0 Å². The third kappa shape index (κ3) is 3.77. The summed E-state index contributed by atoms with van der Waals surface area (Å²) in [6.45, 7) is 1.26. The summed E-state index contributed by atoms with van der Waals surface area (Å²) in [6, 6.07) is 4.58. The fourth-order valence-corrected chi connectivity index (χ4v) is 4.54. The summed E-state index contributed by atoms with van der Waals surface area (Å²) in [5.74, 6) is -3.65. The van der Waals surface area contributed by atoms with Crippen molar-refractivity contribution in [1.82, 2.24) is 30.1 Å². The van der Waals surface area contributed by atoms with Crippen LogP contribution in [0.2, 0.25) is 0 Å². The Labute approximate surface area is 182 Å². The molecule has 1 aromatic heterocycles. The van der Waals surface area contributed by atoms with E-state index in [-0.39, 0.29) is 37.6 Å². The van der Waals surface area contributed by atoms with Crippen LogP contribution in [-0.2, 0) is 22.7 Å². The molecule has 1 unspecified atom stereocenters. The Morgan fingerprint density at radius 1 is 1.16 bits per heavy atom. The van der Waals surface area contributed by atoms with Gasteiger partial charge in [-0.15, -0.1) is 5.10 Å². The first-order valence-electron chi connectivity index (χ1n) is 10.6. The van der Waals surface area contributed by atoms with E-state index >= 15 is 0 Å². The second-order valence-corrected chi connectivity index (χ2v) is 8.49. The summed E-state index contributed by atoms with van der Waals surface area (Å²) >= 11 is 0. The van der Waals surface area contributed by atoms with Crippen molar-refractivity contribution in [1.29, 1.82) is 0 Å². The molecule has 5 rings (SSSR count). The number of nitrogens with zero attached hydrogens (tertiary/aromatic N) is 5. The predicted octanol–water partition coefficient (Wildman–Crippen LogP) is 1.26. The summed E-state index contributed by atoms with van der Waals surface area (Å²) in [5.41, 5.74) is 2.55. The Morgan fingerprint density at radius 2 is 1.94 bits per heavy atom. The van der Waals surface area contributed by atoms with Gasteiger partial charge in [-0.05, 0) is 18.6 Å². The molecule has 2 saturated heterocycles. The molecular weight excluding hydrogens is 422 g/mol. The van der Waals surface area contributed by atoms with Crippen molar-refractivity contribution in [3.8, 4) is 5.69 Å². The Kier molecular flexibility index (Phi) is 5.00. The van der Waals surface area contributed by atoms with Crippen molar-refractivity contribution in [3.05, 3.63) is 41.2 Å². The summed E-state index contributed by atoms with van der Waals surface area (Å²) in [7, 11) is 0. The van der Waals surface area contributed by atoms with Gasteiger partial charge in [-0.1, -0.05) is 11.3 Å². The van der Waals surface area contributed by atoms with E-state index in [0.29, 0.717) is 43.0 Å². The van der Waals surface area contributed by atoms with Gasteiger partial charge in [0.1, 0.15) is 6.04 Å². The van der Waals surface area contributed by atoms with Crippen LogP contribution in [0, 0.1) is 0 Å². The molecule has 9 nitrogen and oxygen atoms in total. The molecule has 0 saturated carbocycles. The summed E-state index contributed by atoms with van der Waals surface area (Å²) in [6.07, 6.45) is 1.90. The zero-order chi connectivity index (χ0) is 22.5. The average molecular weight is 444 g/mol. The number of fused-ring (bicyclic) bond motifs is 1. The minimum Gasteiger partial charge on any atom is -0.322 e. The number of halogens is 2. The fraction of sp³-hybridized carbons (Fsp3) is 0.476. The molecule has 2 fully saturated rings. The fourth-order valence-electron chi connectivity index (χ4n) is 4.54. The lowest BCUT2D eigenvalue weighted by Gasteiger charge is -2.30. The van der Waals surface area contributed by atoms with E-state index in [1.54, 1.807) is 23.0 Å². The number of amides is 3. The van der Waals surface area contributed by atoms with Gasteiger partial charge in [0, 0.05) is 56.6 Å². The summed E-state index contributed by atoms with van der Waals surface area (Å²) in [4.78, 5) is 40.1. The summed E-state index contributed by atoms with van der Waals surface area (Å²) < 4.78 is 28.3. The highest BCUT2D eigenvalue weighted by molar-refractivity contribution is 6.05. The Hall–Kier alpha value is -3.21. The molecule has 11 heteroatoms. The van der Waals surface area contributed by atoms with Gasteiger partial charge < -0.3 is 4.90 Å². The lowest BCUT2D eigenvalue weighted by Crippen LogP contribution is -2.52. The number of carbonyl (C=O) groups is 3. The predicted molar refractivity (Wildman–Crippen MR) is 107 cm³/mol. The van der Waals surface area contributed by atoms with Crippen LogP contribution in [0.4, 0.5) is 8.78 Å². The van der Waals surface area contributed by atoms with Crippen LogP contribution >= 0.6 is 0 Å². The number of piperidine rings is 2. The van der Waals surface area contributed by atoms with E-state index in [4.69, 9.17) is 0 Å². The molecule has 1 N–H and O–H groups in total. The average Bonchev–Trinajstić information content (AvgIpc) is 3.34. The first-order valence-corrected chi connectivity index (χ1v) is 10.6. The molecule has 168 valence electrons. The van der Waals surface area contributed by atoms with Crippen molar-refractivity contribution in [3.63, 3.8) is 0 Å². The van der Waals surface area contributed by atoms with Crippen LogP contribution in [0.25, 0.3) is 5.69 Å². The Morgan fingerprint density at radius 3 is 2.69 bits per heavy atom. The topological polar surface area (TPSA) is 100 Å². The quantitative estimate of drug-likeness (QED) is 0.713. The van der Waals surface area contributed by atoms with Gasteiger partial charge >= 0.3 is 0 Å². The third-order valence-electron chi connectivity index (χ3n) is 6.32. The van der Waals surface area contributed by atoms with E-state index in [0.717, 1.165) is 5.56 Å². The van der Waals surface area contributed by atoms with E-state index in [9.17, 15) is 23.2 Å². The lowest BCUT2D eigenvalue weighted by molar-refractivity contribution is -0.136. The second-order valence-electron chi connectivity index (χ2n) is 8.49. The number of likely N-dealkylation sites (tertiary alicyclic amines) is 1. The molecule has 3 aliphatic heterocycles. The van der Waals surface area contributed by atoms with Gasteiger partial charge in [-0.2, -0.15) is 0 Å². The zero-order valence-electron chi connectivity index (χ0n) is 17.3. The van der Waals surface area contributed by atoms with Gasteiger partial charge in [-0.25, -0.2) is 13.5 Å². The Balaban J connectivity index is 1.34. The Bertz CT molecular complexity index is 1090. The minimum atomic E-state index is -2.60. The second kappa shape index (κ2) is 7.73. The molecule has 0 bridgehead atoms. The number of alkyl halides is 2. The number of nitrogens with one attached hydrogen (secondary N) is 1. The smallest absolute Gasteiger partial charge is 0.255 e. The van der Waals surface area contributed by atoms with Gasteiger partial charge in [0.05, 0.1) is 17.6 Å². The van der Waals surface area contributed by atoms with Crippen LogP contribution in [0.5, 0.6) is 0 Å². The molecule has 4 heterocycles. The highest BCUT2D eigenvalue weighted by Crippen LogP contribution is 2.32. The number of aromatic nitrogens is 3. The number of imide groups is 1. The molecule has 32 heavy (non-hydrogen) atoms. The van der Waals surface area contributed by atoms with Crippen molar-refractivity contribution < 1.29 is 23.2 Å². The molecule has 1 aromatic carbocycles. The number of hydrogen-bond donors (Lipinski definition) is 1. The maximum Gasteiger partial charge on any atom is 0.255 e.